The average molecular weight is 311 g/mol. The number of nitrogens with two attached hydrogens (primary N) is 1. The third kappa shape index (κ3) is 4.03. The highest BCUT2D eigenvalue weighted by atomic mass is 35.5. The molecule has 1 atom stereocenters. The molecular weight excluding hydrogens is 291 g/mol. The smallest absolute Gasteiger partial charge is 0.145 e. The standard InChI is InChI=1S/C15H20ClFN4/c1-2-7-21-8-6-19-14(21)10-12(20-18)9-11-4-3-5-13(16)15(11)17/h3-6,8,12,20H,2,7,9-10,18H2,1H3. The van der Waals surface area contributed by atoms with E-state index in [-0.39, 0.29) is 16.9 Å². The topological polar surface area (TPSA) is 55.9 Å². The van der Waals surface area contributed by atoms with Crippen LogP contribution in [0, 0.1) is 5.82 Å². The van der Waals surface area contributed by atoms with Gasteiger partial charge in [0.2, 0.25) is 0 Å². The minimum absolute atomic E-state index is 0.101. The van der Waals surface area contributed by atoms with Crippen LogP contribution in [0.3, 0.4) is 0 Å². The van der Waals surface area contributed by atoms with E-state index in [4.69, 9.17) is 17.4 Å². The third-order valence-electron chi connectivity index (χ3n) is 3.43. The molecular formula is C15H20ClFN4. The van der Waals surface area contributed by atoms with E-state index in [1.54, 1.807) is 24.4 Å². The second kappa shape index (κ2) is 7.54. The number of hydrazine groups is 1. The molecule has 1 unspecified atom stereocenters. The lowest BCUT2D eigenvalue weighted by molar-refractivity contribution is 0.484. The Kier molecular flexibility index (Phi) is 5.73. The molecule has 3 N–H and O–H groups in total. The van der Waals surface area contributed by atoms with Crippen molar-refractivity contribution in [2.75, 3.05) is 0 Å². The Hall–Kier alpha value is -1.43. The first kappa shape index (κ1) is 15.9. The number of nitrogens with zero attached hydrogens (tertiary/aromatic N) is 2. The lowest BCUT2D eigenvalue weighted by atomic mass is 10.0. The zero-order chi connectivity index (χ0) is 15.2. The Balaban J connectivity index is 2.09. The van der Waals surface area contributed by atoms with E-state index in [1.165, 1.54) is 0 Å². The van der Waals surface area contributed by atoms with Crippen molar-refractivity contribution in [3.63, 3.8) is 0 Å². The number of nitrogens with one attached hydrogen (secondary N) is 1. The Morgan fingerprint density at radius 2 is 2.24 bits per heavy atom. The molecule has 1 aromatic carbocycles. The van der Waals surface area contributed by atoms with Crippen LogP contribution in [-0.2, 0) is 19.4 Å². The highest BCUT2D eigenvalue weighted by molar-refractivity contribution is 6.30. The first-order valence-electron chi connectivity index (χ1n) is 7.04. The summed E-state index contributed by atoms with van der Waals surface area (Å²) in [5.41, 5.74) is 3.30. The van der Waals surface area contributed by atoms with E-state index in [9.17, 15) is 4.39 Å². The van der Waals surface area contributed by atoms with Gasteiger partial charge in [-0.1, -0.05) is 30.7 Å². The van der Waals surface area contributed by atoms with Gasteiger partial charge in [0.25, 0.3) is 0 Å². The van der Waals surface area contributed by atoms with Crippen LogP contribution in [0.25, 0.3) is 0 Å². The molecule has 0 aliphatic heterocycles. The predicted octanol–water partition coefficient (Wildman–Crippen LogP) is 2.70. The summed E-state index contributed by atoms with van der Waals surface area (Å²) in [6.07, 6.45) is 5.86. The van der Waals surface area contributed by atoms with Crippen LogP contribution in [-0.4, -0.2) is 15.6 Å². The van der Waals surface area contributed by atoms with Crippen LogP contribution in [0.1, 0.15) is 24.7 Å². The number of hydrogen-bond acceptors (Lipinski definition) is 3. The molecule has 0 bridgehead atoms. The first-order valence-corrected chi connectivity index (χ1v) is 7.42. The summed E-state index contributed by atoms with van der Waals surface area (Å²) in [4.78, 5) is 4.35. The maximum atomic E-state index is 14.0. The fraction of sp³-hybridized carbons (Fsp3) is 0.400. The van der Waals surface area contributed by atoms with Crippen LogP contribution < -0.4 is 11.3 Å². The Labute approximate surface area is 129 Å². The van der Waals surface area contributed by atoms with E-state index in [0.717, 1.165) is 18.8 Å². The number of imidazole rings is 1. The van der Waals surface area contributed by atoms with E-state index < -0.39 is 0 Å². The molecule has 21 heavy (non-hydrogen) atoms. The van der Waals surface area contributed by atoms with Gasteiger partial charge in [0.05, 0.1) is 5.02 Å². The molecule has 1 aromatic heterocycles. The second-order valence-electron chi connectivity index (χ2n) is 5.02. The molecule has 4 nitrogen and oxygen atoms in total. The van der Waals surface area contributed by atoms with Crippen LogP contribution in [0.15, 0.2) is 30.6 Å². The van der Waals surface area contributed by atoms with Gasteiger partial charge in [-0.05, 0) is 24.5 Å². The lowest BCUT2D eigenvalue weighted by Gasteiger charge is -2.17. The van der Waals surface area contributed by atoms with Crippen molar-refractivity contribution in [2.45, 2.75) is 38.8 Å². The number of benzene rings is 1. The molecule has 2 rings (SSSR count). The van der Waals surface area contributed by atoms with Gasteiger partial charge < -0.3 is 4.57 Å². The Bertz CT molecular complexity index is 585. The van der Waals surface area contributed by atoms with Gasteiger partial charge in [0.15, 0.2) is 0 Å². The van der Waals surface area contributed by atoms with Crippen molar-refractivity contribution in [1.29, 1.82) is 0 Å². The zero-order valence-electron chi connectivity index (χ0n) is 12.0. The molecule has 0 fully saturated rings. The molecule has 0 amide bonds. The van der Waals surface area contributed by atoms with E-state index in [0.29, 0.717) is 18.4 Å². The van der Waals surface area contributed by atoms with E-state index >= 15 is 0 Å². The van der Waals surface area contributed by atoms with Crippen LogP contribution in [0.2, 0.25) is 5.02 Å². The van der Waals surface area contributed by atoms with E-state index in [1.807, 2.05) is 6.20 Å². The summed E-state index contributed by atoms with van der Waals surface area (Å²) in [6.45, 7) is 3.03. The van der Waals surface area contributed by atoms with Crippen molar-refractivity contribution in [3.05, 3.63) is 52.8 Å². The van der Waals surface area contributed by atoms with Crippen molar-refractivity contribution in [1.82, 2.24) is 15.0 Å². The number of aryl methyl sites for hydroxylation is 1. The number of halogens is 2. The summed E-state index contributed by atoms with van der Waals surface area (Å²) in [5, 5.41) is 0.135. The molecule has 1 heterocycles. The monoisotopic (exact) mass is 310 g/mol. The first-order chi connectivity index (χ1) is 10.2. The molecule has 0 saturated heterocycles. The SMILES string of the molecule is CCCn1ccnc1CC(Cc1cccc(Cl)c1F)NN. The molecule has 0 spiro atoms. The highest BCUT2D eigenvalue weighted by Crippen LogP contribution is 2.19. The second-order valence-corrected chi connectivity index (χ2v) is 5.43. The van der Waals surface area contributed by atoms with Gasteiger partial charge in [0, 0.05) is 31.4 Å². The van der Waals surface area contributed by atoms with Gasteiger partial charge in [-0.3, -0.25) is 11.3 Å². The Morgan fingerprint density at radius 1 is 1.43 bits per heavy atom. The molecule has 0 aliphatic carbocycles. The summed E-state index contributed by atoms with van der Waals surface area (Å²) in [7, 11) is 0. The Morgan fingerprint density at radius 3 is 2.95 bits per heavy atom. The number of hydrogen-bond donors (Lipinski definition) is 2. The van der Waals surface area contributed by atoms with Gasteiger partial charge in [-0.15, -0.1) is 0 Å². The minimum Gasteiger partial charge on any atom is -0.335 e. The average Bonchev–Trinajstić information content (AvgIpc) is 2.90. The third-order valence-corrected chi connectivity index (χ3v) is 3.72. The van der Waals surface area contributed by atoms with Crippen molar-refractivity contribution < 1.29 is 4.39 Å². The van der Waals surface area contributed by atoms with Gasteiger partial charge in [-0.25, -0.2) is 9.37 Å². The van der Waals surface area contributed by atoms with Crippen LogP contribution in [0.5, 0.6) is 0 Å². The predicted molar refractivity (Wildman–Crippen MR) is 82.4 cm³/mol. The van der Waals surface area contributed by atoms with Crippen molar-refractivity contribution >= 4 is 11.6 Å². The molecule has 6 heteroatoms. The maximum Gasteiger partial charge on any atom is 0.145 e. The van der Waals surface area contributed by atoms with E-state index in [2.05, 4.69) is 21.9 Å². The maximum absolute atomic E-state index is 14.0. The summed E-state index contributed by atoms with van der Waals surface area (Å²) < 4.78 is 16.1. The minimum atomic E-state index is -0.378. The summed E-state index contributed by atoms with van der Waals surface area (Å²) >= 11 is 5.81. The molecule has 0 saturated carbocycles. The number of aromatic nitrogens is 2. The summed E-state index contributed by atoms with van der Waals surface area (Å²) in [5.74, 6) is 6.17. The highest BCUT2D eigenvalue weighted by Gasteiger charge is 2.15. The normalized spacial score (nSPS) is 12.6. The molecule has 0 radical (unpaired) electrons. The van der Waals surface area contributed by atoms with Crippen LogP contribution >= 0.6 is 11.6 Å². The fourth-order valence-corrected chi connectivity index (χ4v) is 2.55. The summed E-state index contributed by atoms with van der Waals surface area (Å²) in [6, 6.07) is 4.91. The molecule has 0 aliphatic rings. The lowest BCUT2D eigenvalue weighted by Crippen LogP contribution is -2.39. The van der Waals surface area contributed by atoms with Gasteiger partial charge in [-0.2, -0.15) is 0 Å². The van der Waals surface area contributed by atoms with Crippen LogP contribution in [0.4, 0.5) is 4.39 Å². The quantitative estimate of drug-likeness (QED) is 0.611. The van der Waals surface area contributed by atoms with Crippen molar-refractivity contribution in [2.24, 2.45) is 5.84 Å². The van der Waals surface area contributed by atoms with Gasteiger partial charge in [0.1, 0.15) is 11.6 Å². The largest absolute Gasteiger partial charge is 0.335 e. The molecule has 2 aromatic rings. The number of rotatable bonds is 7. The van der Waals surface area contributed by atoms with Crippen molar-refractivity contribution in [3.8, 4) is 0 Å². The zero-order valence-corrected chi connectivity index (χ0v) is 12.8. The molecule has 114 valence electrons. The fourth-order valence-electron chi connectivity index (χ4n) is 2.36. The van der Waals surface area contributed by atoms with Gasteiger partial charge >= 0.3 is 0 Å².